The Hall–Kier alpha value is -0.730. The first-order chi connectivity index (χ1) is 6.92. The lowest BCUT2D eigenvalue weighted by atomic mass is 9.73. The predicted molar refractivity (Wildman–Crippen MR) is 60.8 cm³/mol. The van der Waals surface area contributed by atoms with Crippen molar-refractivity contribution >= 4 is 6.09 Å². The van der Waals surface area contributed by atoms with Crippen molar-refractivity contribution < 1.29 is 9.53 Å². The summed E-state index contributed by atoms with van der Waals surface area (Å²) in [6, 6.07) is 0.262. The SMILES string of the molecule is CC(C)OC(=O)NC1CCCCC1(C)C. The van der Waals surface area contributed by atoms with Crippen LogP contribution in [0.2, 0.25) is 0 Å². The van der Waals surface area contributed by atoms with Crippen molar-refractivity contribution in [3.63, 3.8) is 0 Å². The molecule has 1 N–H and O–H groups in total. The average molecular weight is 213 g/mol. The van der Waals surface area contributed by atoms with Crippen molar-refractivity contribution in [1.82, 2.24) is 5.32 Å². The van der Waals surface area contributed by atoms with Crippen LogP contribution in [0.1, 0.15) is 53.4 Å². The molecular formula is C12H23NO2. The van der Waals surface area contributed by atoms with E-state index >= 15 is 0 Å². The van der Waals surface area contributed by atoms with Crippen LogP contribution in [0, 0.1) is 5.41 Å². The highest BCUT2D eigenvalue weighted by Gasteiger charge is 2.33. The van der Waals surface area contributed by atoms with E-state index in [1.165, 1.54) is 19.3 Å². The molecule has 1 amide bonds. The molecule has 1 rings (SSSR count). The number of carbonyl (C=O) groups is 1. The van der Waals surface area contributed by atoms with Gasteiger partial charge in [-0.3, -0.25) is 0 Å². The fraction of sp³-hybridized carbons (Fsp3) is 0.917. The van der Waals surface area contributed by atoms with Gasteiger partial charge in [-0.25, -0.2) is 4.79 Å². The van der Waals surface area contributed by atoms with Gasteiger partial charge >= 0.3 is 6.09 Å². The van der Waals surface area contributed by atoms with Crippen LogP contribution in [0.5, 0.6) is 0 Å². The number of nitrogens with one attached hydrogen (secondary N) is 1. The largest absolute Gasteiger partial charge is 0.447 e. The Morgan fingerprint density at radius 3 is 2.60 bits per heavy atom. The van der Waals surface area contributed by atoms with Gasteiger partial charge in [-0.1, -0.05) is 26.7 Å². The smallest absolute Gasteiger partial charge is 0.407 e. The number of rotatable bonds is 2. The quantitative estimate of drug-likeness (QED) is 0.765. The third-order valence-corrected chi connectivity index (χ3v) is 3.14. The van der Waals surface area contributed by atoms with Gasteiger partial charge in [-0.05, 0) is 32.1 Å². The molecule has 1 saturated carbocycles. The van der Waals surface area contributed by atoms with E-state index in [4.69, 9.17) is 4.74 Å². The minimum Gasteiger partial charge on any atom is -0.447 e. The van der Waals surface area contributed by atoms with Crippen LogP contribution < -0.4 is 5.32 Å². The number of carbonyl (C=O) groups excluding carboxylic acids is 1. The molecular weight excluding hydrogens is 190 g/mol. The number of hydrogen-bond donors (Lipinski definition) is 1. The molecule has 0 saturated heterocycles. The van der Waals surface area contributed by atoms with E-state index in [9.17, 15) is 4.79 Å². The summed E-state index contributed by atoms with van der Waals surface area (Å²) in [5, 5.41) is 2.98. The van der Waals surface area contributed by atoms with E-state index < -0.39 is 0 Å². The molecule has 0 aromatic rings. The summed E-state index contributed by atoms with van der Waals surface area (Å²) in [6.45, 7) is 8.16. The van der Waals surface area contributed by atoms with Crippen molar-refractivity contribution in [3.05, 3.63) is 0 Å². The Labute approximate surface area is 92.6 Å². The molecule has 1 aliphatic rings. The summed E-state index contributed by atoms with van der Waals surface area (Å²) in [5.74, 6) is 0. The molecule has 0 heterocycles. The van der Waals surface area contributed by atoms with Gasteiger partial charge in [0.15, 0.2) is 0 Å². The van der Waals surface area contributed by atoms with Crippen molar-refractivity contribution in [2.75, 3.05) is 0 Å². The van der Waals surface area contributed by atoms with Gasteiger partial charge in [0.2, 0.25) is 0 Å². The van der Waals surface area contributed by atoms with E-state index in [-0.39, 0.29) is 23.7 Å². The zero-order valence-electron chi connectivity index (χ0n) is 10.3. The van der Waals surface area contributed by atoms with Crippen LogP contribution in [0.25, 0.3) is 0 Å². The Bertz CT molecular complexity index is 224. The van der Waals surface area contributed by atoms with Crippen LogP contribution in [-0.4, -0.2) is 18.2 Å². The Kier molecular flexibility index (Phi) is 4.00. The lowest BCUT2D eigenvalue weighted by Crippen LogP contribution is -2.47. The van der Waals surface area contributed by atoms with Crippen molar-refractivity contribution in [2.24, 2.45) is 5.41 Å². The predicted octanol–water partition coefficient (Wildman–Crippen LogP) is 3.09. The van der Waals surface area contributed by atoms with Crippen molar-refractivity contribution in [3.8, 4) is 0 Å². The average Bonchev–Trinajstić information content (AvgIpc) is 2.07. The second-order valence-electron chi connectivity index (χ2n) is 5.39. The lowest BCUT2D eigenvalue weighted by molar-refractivity contribution is 0.0937. The summed E-state index contributed by atoms with van der Waals surface area (Å²) in [5.41, 5.74) is 0.203. The van der Waals surface area contributed by atoms with E-state index in [0.717, 1.165) is 6.42 Å². The molecule has 3 nitrogen and oxygen atoms in total. The first-order valence-electron chi connectivity index (χ1n) is 5.89. The van der Waals surface area contributed by atoms with Gasteiger partial charge < -0.3 is 10.1 Å². The monoisotopic (exact) mass is 213 g/mol. The van der Waals surface area contributed by atoms with Crippen LogP contribution in [0.3, 0.4) is 0 Å². The maximum Gasteiger partial charge on any atom is 0.407 e. The number of hydrogen-bond acceptors (Lipinski definition) is 2. The minimum atomic E-state index is -0.273. The zero-order valence-corrected chi connectivity index (χ0v) is 10.3. The normalized spacial score (nSPS) is 25.0. The van der Waals surface area contributed by atoms with E-state index in [0.29, 0.717) is 0 Å². The highest BCUT2D eigenvalue weighted by Crippen LogP contribution is 2.35. The molecule has 0 aromatic carbocycles. The second kappa shape index (κ2) is 4.86. The molecule has 3 heteroatoms. The molecule has 0 spiro atoms. The summed E-state index contributed by atoms with van der Waals surface area (Å²) in [4.78, 5) is 11.5. The summed E-state index contributed by atoms with van der Waals surface area (Å²) in [6.07, 6.45) is 4.40. The van der Waals surface area contributed by atoms with Crippen LogP contribution >= 0.6 is 0 Å². The standard InChI is InChI=1S/C12H23NO2/c1-9(2)15-11(14)13-10-7-5-6-8-12(10,3)4/h9-10H,5-8H2,1-4H3,(H,13,14). The fourth-order valence-electron chi connectivity index (χ4n) is 2.15. The minimum absolute atomic E-state index is 0.0447. The molecule has 15 heavy (non-hydrogen) atoms. The number of amides is 1. The van der Waals surface area contributed by atoms with E-state index in [2.05, 4.69) is 19.2 Å². The molecule has 0 aliphatic heterocycles. The van der Waals surface area contributed by atoms with Gasteiger partial charge in [0, 0.05) is 6.04 Å². The topological polar surface area (TPSA) is 38.3 Å². The number of alkyl carbamates (subject to hydrolysis) is 1. The lowest BCUT2D eigenvalue weighted by Gasteiger charge is -2.38. The molecule has 1 fully saturated rings. The maximum absolute atomic E-state index is 11.5. The third-order valence-electron chi connectivity index (χ3n) is 3.14. The van der Waals surface area contributed by atoms with E-state index in [1.807, 2.05) is 13.8 Å². The molecule has 1 aliphatic carbocycles. The third kappa shape index (κ3) is 3.73. The molecule has 88 valence electrons. The highest BCUT2D eigenvalue weighted by molar-refractivity contribution is 5.67. The van der Waals surface area contributed by atoms with Crippen molar-refractivity contribution in [1.29, 1.82) is 0 Å². The Morgan fingerprint density at radius 2 is 2.07 bits per heavy atom. The first-order valence-corrected chi connectivity index (χ1v) is 5.89. The van der Waals surface area contributed by atoms with Gasteiger partial charge in [0.25, 0.3) is 0 Å². The Morgan fingerprint density at radius 1 is 1.40 bits per heavy atom. The molecule has 0 bridgehead atoms. The first kappa shape index (κ1) is 12.3. The van der Waals surface area contributed by atoms with E-state index in [1.54, 1.807) is 0 Å². The molecule has 0 radical (unpaired) electrons. The molecule has 0 aromatic heterocycles. The van der Waals surface area contributed by atoms with Gasteiger partial charge in [0.05, 0.1) is 6.10 Å². The number of ether oxygens (including phenoxy) is 1. The highest BCUT2D eigenvalue weighted by atomic mass is 16.6. The van der Waals surface area contributed by atoms with Gasteiger partial charge in [-0.2, -0.15) is 0 Å². The maximum atomic E-state index is 11.5. The van der Waals surface area contributed by atoms with Gasteiger partial charge in [0.1, 0.15) is 0 Å². The summed E-state index contributed by atoms with van der Waals surface area (Å²) < 4.78 is 5.10. The van der Waals surface area contributed by atoms with Crippen LogP contribution in [0.15, 0.2) is 0 Å². The zero-order chi connectivity index (χ0) is 11.5. The summed E-state index contributed by atoms with van der Waals surface area (Å²) in [7, 11) is 0. The molecule has 1 unspecified atom stereocenters. The van der Waals surface area contributed by atoms with Gasteiger partial charge in [-0.15, -0.1) is 0 Å². The van der Waals surface area contributed by atoms with Crippen LogP contribution in [-0.2, 0) is 4.74 Å². The second-order valence-corrected chi connectivity index (χ2v) is 5.39. The fourth-order valence-corrected chi connectivity index (χ4v) is 2.15. The van der Waals surface area contributed by atoms with Crippen molar-refractivity contribution in [2.45, 2.75) is 65.5 Å². The van der Waals surface area contributed by atoms with Crippen LogP contribution in [0.4, 0.5) is 4.79 Å². The molecule has 1 atom stereocenters. The Balaban J connectivity index is 2.45. The summed E-state index contributed by atoms with van der Waals surface area (Å²) >= 11 is 0.